The Balaban J connectivity index is 3.14. The van der Waals surface area contributed by atoms with E-state index in [9.17, 15) is 5.11 Å². The van der Waals surface area contributed by atoms with Crippen molar-refractivity contribution in [2.24, 2.45) is 0 Å². The highest BCUT2D eigenvalue weighted by Gasteiger charge is 2.24. The molecule has 14 heavy (non-hydrogen) atoms. The van der Waals surface area contributed by atoms with Crippen LogP contribution in [0.4, 0.5) is 0 Å². The first-order valence-electron chi connectivity index (χ1n) is 4.09. The molecule has 0 radical (unpaired) electrons. The van der Waals surface area contributed by atoms with E-state index in [1.54, 1.807) is 19.1 Å². The van der Waals surface area contributed by atoms with E-state index in [0.717, 1.165) is 4.47 Å². The molecule has 0 aliphatic heterocycles. The van der Waals surface area contributed by atoms with Gasteiger partial charge >= 0.3 is 0 Å². The fraction of sp³-hybridized carbons (Fsp3) is 0.273. The van der Waals surface area contributed by atoms with Crippen LogP contribution >= 0.6 is 27.5 Å². The van der Waals surface area contributed by atoms with Crippen molar-refractivity contribution in [2.45, 2.75) is 18.9 Å². The average molecular weight is 274 g/mol. The van der Waals surface area contributed by atoms with E-state index in [4.69, 9.17) is 18.0 Å². The molecule has 1 aromatic carbocycles. The smallest absolute Gasteiger partial charge is 0.0991 e. The van der Waals surface area contributed by atoms with Crippen molar-refractivity contribution < 1.29 is 5.11 Å². The molecule has 3 heteroatoms. The standard InChI is InChI=1S/C11H10BrClO/c1-3-6-11(2,14)9-5-4-8(12)7-10(9)13/h1,4-5,7,14H,6H2,2H3. The van der Waals surface area contributed by atoms with Crippen LogP contribution in [-0.4, -0.2) is 5.11 Å². The molecule has 1 rings (SSSR count). The molecule has 0 aliphatic rings. The van der Waals surface area contributed by atoms with Crippen molar-refractivity contribution in [1.29, 1.82) is 0 Å². The number of rotatable bonds is 2. The third-order valence-corrected chi connectivity index (χ3v) is 2.76. The number of halogens is 2. The van der Waals surface area contributed by atoms with Gasteiger partial charge in [-0.2, -0.15) is 0 Å². The molecule has 74 valence electrons. The van der Waals surface area contributed by atoms with Crippen molar-refractivity contribution in [3.63, 3.8) is 0 Å². The highest BCUT2D eigenvalue weighted by molar-refractivity contribution is 9.10. The van der Waals surface area contributed by atoms with E-state index in [0.29, 0.717) is 10.6 Å². The molecule has 0 amide bonds. The van der Waals surface area contributed by atoms with Crippen LogP contribution in [-0.2, 0) is 5.60 Å². The van der Waals surface area contributed by atoms with Crippen LogP contribution in [0.15, 0.2) is 22.7 Å². The third-order valence-electron chi connectivity index (χ3n) is 1.96. The Hall–Kier alpha value is -0.490. The molecule has 0 bridgehead atoms. The van der Waals surface area contributed by atoms with Gasteiger partial charge in [0.1, 0.15) is 0 Å². The van der Waals surface area contributed by atoms with E-state index in [2.05, 4.69) is 21.9 Å². The lowest BCUT2D eigenvalue weighted by atomic mass is 9.93. The lowest BCUT2D eigenvalue weighted by molar-refractivity contribution is 0.0630. The minimum absolute atomic E-state index is 0.244. The van der Waals surface area contributed by atoms with E-state index in [1.165, 1.54) is 0 Å². The van der Waals surface area contributed by atoms with Crippen LogP contribution in [0.3, 0.4) is 0 Å². The first-order chi connectivity index (χ1) is 6.47. The summed E-state index contributed by atoms with van der Waals surface area (Å²) in [5.74, 6) is 2.43. The van der Waals surface area contributed by atoms with E-state index >= 15 is 0 Å². The summed E-state index contributed by atoms with van der Waals surface area (Å²) in [6.45, 7) is 1.65. The Morgan fingerprint density at radius 3 is 2.79 bits per heavy atom. The second kappa shape index (κ2) is 4.35. The van der Waals surface area contributed by atoms with Gasteiger partial charge in [-0.15, -0.1) is 12.3 Å². The Morgan fingerprint density at radius 1 is 1.64 bits per heavy atom. The molecular weight excluding hydrogens is 263 g/mol. The van der Waals surface area contributed by atoms with Gasteiger partial charge in [0.25, 0.3) is 0 Å². The van der Waals surface area contributed by atoms with Crippen molar-refractivity contribution >= 4 is 27.5 Å². The lowest BCUT2D eigenvalue weighted by Gasteiger charge is -2.22. The Labute approximate surface area is 97.2 Å². The maximum absolute atomic E-state index is 10.0. The van der Waals surface area contributed by atoms with Gasteiger partial charge in [-0.3, -0.25) is 0 Å². The molecule has 0 aromatic heterocycles. The highest BCUT2D eigenvalue weighted by Crippen LogP contribution is 2.32. The molecular formula is C11H10BrClO. The molecule has 0 fully saturated rings. The van der Waals surface area contributed by atoms with Gasteiger partial charge in [0.15, 0.2) is 0 Å². The quantitative estimate of drug-likeness (QED) is 0.820. The van der Waals surface area contributed by atoms with Crippen molar-refractivity contribution in [1.82, 2.24) is 0 Å². The first kappa shape index (κ1) is 11.6. The molecule has 1 N–H and O–H groups in total. The summed E-state index contributed by atoms with van der Waals surface area (Å²) in [6.07, 6.45) is 5.41. The molecule has 1 nitrogen and oxygen atoms in total. The van der Waals surface area contributed by atoms with Gasteiger partial charge in [-0.1, -0.05) is 33.6 Å². The minimum atomic E-state index is -1.06. The zero-order chi connectivity index (χ0) is 10.8. The molecule has 0 heterocycles. The molecule has 1 atom stereocenters. The first-order valence-corrected chi connectivity index (χ1v) is 5.26. The van der Waals surface area contributed by atoms with Crippen LogP contribution < -0.4 is 0 Å². The summed E-state index contributed by atoms with van der Waals surface area (Å²) in [7, 11) is 0. The Kier molecular flexibility index (Phi) is 3.60. The third kappa shape index (κ3) is 2.51. The Morgan fingerprint density at radius 2 is 2.29 bits per heavy atom. The molecule has 0 aliphatic carbocycles. The SMILES string of the molecule is C#CCC(C)(O)c1ccc(Br)cc1Cl. The molecule has 0 saturated heterocycles. The summed E-state index contributed by atoms with van der Waals surface area (Å²) in [4.78, 5) is 0. The van der Waals surface area contributed by atoms with Crippen LogP contribution in [0.25, 0.3) is 0 Å². The van der Waals surface area contributed by atoms with Crippen molar-refractivity contribution in [2.75, 3.05) is 0 Å². The fourth-order valence-electron chi connectivity index (χ4n) is 1.22. The predicted octanol–water partition coefficient (Wildman–Crippen LogP) is 3.33. The second-order valence-corrected chi connectivity index (χ2v) is 4.60. The maximum atomic E-state index is 10.0. The minimum Gasteiger partial charge on any atom is -0.384 e. The summed E-state index contributed by atoms with van der Waals surface area (Å²) < 4.78 is 0.878. The van der Waals surface area contributed by atoms with Crippen molar-refractivity contribution in [3.05, 3.63) is 33.3 Å². The average Bonchev–Trinajstić information content (AvgIpc) is 2.02. The summed E-state index contributed by atoms with van der Waals surface area (Å²) in [5.41, 5.74) is -0.410. The molecule has 1 unspecified atom stereocenters. The number of terminal acetylenes is 1. The largest absolute Gasteiger partial charge is 0.384 e. The molecule has 0 saturated carbocycles. The monoisotopic (exact) mass is 272 g/mol. The number of aliphatic hydroxyl groups is 1. The van der Waals surface area contributed by atoms with Gasteiger partial charge in [-0.05, 0) is 19.1 Å². The number of benzene rings is 1. The van der Waals surface area contributed by atoms with Gasteiger partial charge in [0.2, 0.25) is 0 Å². The van der Waals surface area contributed by atoms with Crippen LogP contribution in [0.5, 0.6) is 0 Å². The predicted molar refractivity (Wildman–Crippen MR) is 62.2 cm³/mol. The van der Waals surface area contributed by atoms with E-state index < -0.39 is 5.60 Å². The van der Waals surface area contributed by atoms with Gasteiger partial charge in [0, 0.05) is 21.5 Å². The number of hydrogen-bond donors (Lipinski definition) is 1. The summed E-state index contributed by atoms with van der Waals surface area (Å²) in [6, 6.07) is 5.33. The van der Waals surface area contributed by atoms with E-state index in [-0.39, 0.29) is 6.42 Å². The zero-order valence-electron chi connectivity index (χ0n) is 7.72. The van der Waals surface area contributed by atoms with Gasteiger partial charge < -0.3 is 5.11 Å². The normalized spacial score (nSPS) is 14.5. The number of hydrogen-bond acceptors (Lipinski definition) is 1. The van der Waals surface area contributed by atoms with Gasteiger partial charge in [0.05, 0.1) is 5.60 Å². The second-order valence-electron chi connectivity index (χ2n) is 3.28. The van der Waals surface area contributed by atoms with Crippen LogP contribution in [0.1, 0.15) is 18.9 Å². The van der Waals surface area contributed by atoms with Crippen LogP contribution in [0, 0.1) is 12.3 Å². The van der Waals surface area contributed by atoms with Crippen molar-refractivity contribution in [3.8, 4) is 12.3 Å². The topological polar surface area (TPSA) is 20.2 Å². The molecule has 1 aromatic rings. The van der Waals surface area contributed by atoms with Crippen LogP contribution in [0.2, 0.25) is 5.02 Å². The maximum Gasteiger partial charge on any atom is 0.0991 e. The molecule has 0 spiro atoms. The Bertz CT molecular complexity index is 379. The highest BCUT2D eigenvalue weighted by atomic mass is 79.9. The summed E-state index contributed by atoms with van der Waals surface area (Å²) in [5, 5.41) is 10.5. The lowest BCUT2D eigenvalue weighted by Crippen LogP contribution is -2.20. The zero-order valence-corrected chi connectivity index (χ0v) is 10.1. The van der Waals surface area contributed by atoms with Gasteiger partial charge in [-0.25, -0.2) is 0 Å². The van der Waals surface area contributed by atoms with E-state index in [1.807, 2.05) is 6.07 Å². The fourth-order valence-corrected chi connectivity index (χ4v) is 2.10. The summed E-state index contributed by atoms with van der Waals surface area (Å²) >= 11 is 9.29.